The quantitative estimate of drug-likeness (QED) is 0.110. The topological polar surface area (TPSA) is 154 Å². The van der Waals surface area contributed by atoms with Crippen molar-refractivity contribution in [2.24, 2.45) is 5.41 Å². The fourth-order valence-electron chi connectivity index (χ4n) is 6.17. The Kier molecular flexibility index (Phi) is 9.76. The number of hydrogen-bond donors (Lipinski definition) is 4. The molecule has 282 valence electrons. The Balaban J connectivity index is 1.41. The first-order chi connectivity index (χ1) is 24.8. The number of hydrogen-bond acceptors (Lipinski definition) is 7. The van der Waals surface area contributed by atoms with Gasteiger partial charge in [0.05, 0.1) is 34.3 Å². The van der Waals surface area contributed by atoms with Gasteiger partial charge in [-0.05, 0) is 61.9 Å². The van der Waals surface area contributed by atoms with Crippen LogP contribution in [0.1, 0.15) is 70.2 Å². The molecule has 3 heterocycles. The highest BCUT2D eigenvalue weighted by Gasteiger charge is 2.60. The molecule has 53 heavy (non-hydrogen) atoms. The number of ether oxygens (including phenoxy) is 1. The smallest absolute Gasteiger partial charge is 0.407 e. The SMILES string of the molecule is CC(C)(NC(=O)OC[C@H](c1ccc(Cl)c(-c2ncn[nH]2)c1)N1C(=N)N[C@](CC(C)(C)C(F)(F)F)(c2ccc(-c3cnn(C4CC4)c3)cc2)C1=O)C(F)F. The summed E-state index contributed by atoms with van der Waals surface area (Å²) in [7, 11) is 0. The summed E-state index contributed by atoms with van der Waals surface area (Å²) in [6.45, 7) is 3.42. The number of halogens is 6. The first kappa shape index (κ1) is 37.7. The van der Waals surface area contributed by atoms with Gasteiger partial charge in [-0.3, -0.25) is 24.9 Å². The van der Waals surface area contributed by atoms with Crippen LogP contribution in [0.25, 0.3) is 22.5 Å². The molecule has 6 rings (SSSR count). The van der Waals surface area contributed by atoms with Crippen molar-refractivity contribution in [2.75, 3.05) is 6.61 Å². The van der Waals surface area contributed by atoms with Crippen molar-refractivity contribution in [3.63, 3.8) is 0 Å². The highest BCUT2D eigenvalue weighted by Crippen LogP contribution is 2.49. The maximum absolute atomic E-state index is 14.9. The van der Waals surface area contributed by atoms with Gasteiger partial charge in [0.2, 0.25) is 0 Å². The van der Waals surface area contributed by atoms with E-state index in [4.69, 9.17) is 21.7 Å². The van der Waals surface area contributed by atoms with Crippen molar-refractivity contribution in [3.8, 4) is 22.5 Å². The number of benzene rings is 2. The van der Waals surface area contributed by atoms with E-state index in [0.717, 1.165) is 51.0 Å². The summed E-state index contributed by atoms with van der Waals surface area (Å²) in [6, 6.07) is 9.83. The molecule has 0 bridgehead atoms. The summed E-state index contributed by atoms with van der Waals surface area (Å²) in [5.41, 5.74) is -4.35. The summed E-state index contributed by atoms with van der Waals surface area (Å²) in [5.74, 6) is -1.29. The minimum absolute atomic E-state index is 0.153. The third kappa shape index (κ3) is 7.43. The Labute approximate surface area is 305 Å². The summed E-state index contributed by atoms with van der Waals surface area (Å²) < 4.78 is 77.9. The van der Waals surface area contributed by atoms with E-state index in [2.05, 4.69) is 30.9 Å². The number of rotatable bonds is 12. The third-order valence-corrected chi connectivity index (χ3v) is 9.89. The average molecular weight is 762 g/mol. The van der Waals surface area contributed by atoms with Gasteiger partial charge in [0.15, 0.2) is 11.8 Å². The highest BCUT2D eigenvalue weighted by molar-refractivity contribution is 6.33. The summed E-state index contributed by atoms with van der Waals surface area (Å²) in [4.78, 5) is 32.7. The van der Waals surface area contributed by atoms with Gasteiger partial charge in [-0.1, -0.05) is 55.8 Å². The molecular formula is C35H37ClF5N9O3. The van der Waals surface area contributed by atoms with Crippen LogP contribution in [0.5, 0.6) is 0 Å². The van der Waals surface area contributed by atoms with Crippen LogP contribution in [0.3, 0.4) is 0 Å². The normalized spacial score (nSPS) is 18.7. The first-order valence-electron chi connectivity index (χ1n) is 16.6. The molecule has 0 unspecified atom stereocenters. The predicted octanol–water partition coefficient (Wildman–Crippen LogP) is 7.38. The Morgan fingerprint density at radius 1 is 1.11 bits per heavy atom. The second kappa shape index (κ2) is 13.7. The molecule has 2 amide bonds. The zero-order valence-corrected chi connectivity index (χ0v) is 29.8. The number of amides is 2. The van der Waals surface area contributed by atoms with Crippen LogP contribution in [0.2, 0.25) is 5.02 Å². The molecule has 2 atom stereocenters. The van der Waals surface area contributed by atoms with Gasteiger partial charge in [0.1, 0.15) is 18.5 Å². The maximum Gasteiger partial charge on any atom is 0.407 e. The first-order valence-corrected chi connectivity index (χ1v) is 17.0. The molecule has 2 aliphatic rings. The number of guanidine groups is 1. The number of H-pyrrole nitrogens is 1. The van der Waals surface area contributed by atoms with E-state index in [9.17, 15) is 31.5 Å². The van der Waals surface area contributed by atoms with Gasteiger partial charge in [0.25, 0.3) is 12.3 Å². The molecule has 1 aliphatic carbocycles. The number of aromatic amines is 1. The van der Waals surface area contributed by atoms with Crippen LogP contribution >= 0.6 is 11.6 Å². The lowest BCUT2D eigenvalue weighted by Crippen LogP contribution is -2.51. The van der Waals surface area contributed by atoms with E-state index in [1.54, 1.807) is 18.3 Å². The average Bonchev–Trinajstić information content (AvgIpc) is 3.45. The molecule has 2 aromatic carbocycles. The molecular weight excluding hydrogens is 725 g/mol. The van der Waals surface area contributed by atoms with Gasteiger partial charge in [-0.15, -0.1) is 0 Å². The molecule has 4 aromatic rings. The molecule has 1 saturated heterocycles. The highest BCUT2D eigenvalue weighted by atomic mass is 35.5. The molecule has 4 N–H and O–H groups in total. The van der Waals surface area contributed by atoms with Gasteiger partial charge in [0, 0.05) is 17.3 Å². The molecule has 18 heteroatoms. The fourth-order valence-corrected chi connectivity index (χ4v) is 6.38. The largest absolute Gasteiger partial charge is 0.447 e. The lowest BCUT2D eigenvalue weighted by atomic mass is 9.73. The Morgan fingerprint density at radius 3 is 2.42 bits per heavy atom. The van der Waals surface area contributed by atoms with Crippen molar-refractivity contribution in [2.45, 2.75) is 82.7 Å². The zero-order chi connectivity index (χ0) is 38.5. The van der Waals surface area contributed by atoms with Crippen molar-refractivity contribution >= 4 is 29.6 Å². The van der Waals surface area contributed by atoms with Crippen LogP contribution in [0.4, 0.5) is 26.7 Å². The molecule has 2 fully saturated rings. The van der Waals surface area contributed by atoms with Crippen LogP contribution < -0.4 is 10.6 Å². The van der Waals surface area contributed by atoms with E-state index in [0.29, 0.717) is 17.2 Å². The maximum atomic E-state index is 14.9. The van der Waals surface area contributed by atoms with Gasteiger partial charge in [-0.25, -0.2) is 18.6 Å². The monoisotopic (exact) mass is 761 g/mol. The molecule has 1 saturated carbocycles. The van der Waals surface area contributed by atoms with E-state index in [-0.39, 0.29) is 22.0 Å². The Bertz CT molecular complexity index is 2000. The lowest BCUT2D eigenvalue weighted by Gasteiger charge is -2.37. The van der Waals surface area contributed by atoms with Crippen molar-refractivity contribution in [3.05, 3.63) is 77.3 Å². The van der Waals surface area contributed by atoms with Crippen LogP contribution in [0.15, 0.2) is 61.2 Å². The predicted molar refractivity (Wildman–Crippen MR) is 184 cm³/mol. The number of nitrogens with zero attached hydrogens (tertiary/aromatic N) is 5. The summed E-state index contributed by atoms with van der Waals surface area (Å²) in [6.07, 6.45) is -2.92. The number of aromatic nitrogens is 5. The van der Waals surface area contributed by atoms with E-state index in [1.165, 1.54) is 36.7 Å². The van der Waals surface area contributed by atoms with Crippen LogP contribution in [-0.4, -0.2) is 72.6 Å². The molecule has 0 spiro atoms. The summed E-state index contributed by atoms with van der Waals surface area (Å²) in [5, 5.41) is 25.0. The van der Waals surface area contributed by atoms with Crippen LogP contribution in [-0.2, 0) is 15.1 Å². The molecule has 12 nitrogen and oxygen atoms in total. The van der Waals surface area contributed by atoms with Crippen LogP contribution in [0, 0.1) is 10.8 Å². The van der Waals surface area contributed by atoms with E-state index in [1.807, 2.05) is 10.9 Å². The van der Waals surface area contributed by atoms with E-state index >= 15 is 0 Å². The molecule has 1 aliphatic heterocycles. The van der Waals surface area contributed by atoms with Gasteiger partial charge >= 0.3 is 12.3 Å². The Morgan fingerprint density at radius 2 is 1.81 bits per heavy atom. The summed E-state index contributed by atoms with van der Waals surface area (Å²) >= 11 is 6.46. The zero-order valence-electron chi connectivity index (χ0n) is 29.1. The van der Waals surface area contributed by atoms with Crippen molar-refractivity contribution in [1.29, 1.82) is 5.41 Å². The van der Waals surface area contributed by atoms with E-state index < -0.39 is 66.1 Å². The lowest BCUT2D eigenvalue weighted by molar-refractivity contribution is -0.218. The third-order valence-electron chi connectivity index (χ3n) is 9.56. The fraction of sp³-hybridized carbons (Fsp3) is 0.429. The number of alkyl halides is 5. The van der Waals surface area contributed by atoms with Crippen molar-refractivity contribution < 1.29 is 36.3 Å². The van der Waals surface area contributed by atoms with Crippen molar-refractivity contribution in [1.82, 2.24) is 40.5 Å². The number of nitrogens with one attached hydrogen (secondary N) is 4. The number of carbonyl (C=O) groups excluding carboxylic acids is 2. The Hall–Kier alpha value is -5.06. The molecule has 0 radical (unpaired) electrons. The number of carbonyl (C=O) groups is 2. The minimum atomic E-state index is -4.75. The standard InChI is InChI=1S/C35H37ClF5N9O3/c1-32(2,35(39,40)41)17-34(22-8-5-19(6-9-22)21-14-45-49(15-21)23-10-11-23)29(51)50(30(42)46-34)26(16-53-31(52)47-33(3,4)28(37)38)20-7-12-25(36)24(13-20)27-43-18-44-48-27/h5-9,12-15,18,23,26,28H,10-11,16-17H2,1-4H3,(H2,42,46)(H,47,52)(H,43,44,48)/t26-,34-/m1/s1. The van der Waals surface area contributed by atoms with Gasteiger partial charge in [-0.2, -0.15) is 23.4 Å². The number of alkyl carbamates (subject to hydrolysis) is 1. The van der Waals surface area contributed by atoms with Gasteiger partial charge < -0.3 is 15.4 Å². The minimum Gasteiger partial charge on any atom is -0.447 e. The second-order valence-electron chi connectivity index (χ2n) is 14.5. The molecule has 2 aromatic heterocycles. The second-order valence-corrected chi connectivity index (χ2v) is 14.9.